The topological polar surface area (TPSA) is 58.3 Å². The number of hydrogen-bond acceptors (Lipinski definition) is 3. The normalized spacial score (nSPS) is 10.2. The SMILES string of the molecule is NNCCCCCCCO. The van der Waals surface area contributed by atoms with E-state index in [1.165, 1.54) is 12.8 Å². The van der Waals surface area contributed by atoms with Gasteiger partial charge in [-0.15, -0.1) is 0 Å². The van der Waals surface area contributed by atoms with E-state index in [1.807, 2.05) is 0 Å². The van der Waals surface area contributed by atoms with Crippen molar-refractivity contribution in [3.05, 3.63) is 0 Å². The van der Waals surface area contributed by atoms with Gasteiger partial charge in [0.2, 0.25) is 0 Å². The molecule has 3 nitrogen and oxygen atoms in total. The van der Waals surface area contributed by atoms with Crippen LogP contribution in [0.25, 0.3) is 0 Å². The number of hydrazine groups is 1. The molecule has 3 heteroatoms. The molecule has 0 aromatic heterocycles. The maximum absolute atomic E-state index is 8.44. The van der Waals surface area contributed by atoms with E-state index >= 15 is 0 Å². The van der Waals surface area contributed by atoms with Crippen molar-refractivity contribution in [1.29, 1.82) is 0 Å². The molecule has 0 amide bonds. The number of rotatable bonds is 7. The Morgan fingerprint density at radius 3 is 2.20 bits per heavy atom. The zero-order chi connectivity index (χ0) is 7.66. The van der Waals surface area contributed by atoms with E-state index in [2.05, 4.69) is 5.43 Å². The maximum atomic E-state index is 8.44. The van der Waals surface area contributed by atoms with E-state index in [-0.39, 0.29) is 0 Å². The minimum Gasteiger partial charge on any atom is -0.396 e. The molecule has 0 rings (SSSR count). The summed E-state index contributed by atoms with van der Waals surface area (Å²) in [6.45, 7) is 1.23. The third-order valence-corrected chi connectivity index (χ3v) is 1.48. The number of nitrogens with one attached hydrogen (secondary N) is 1. The van der Waals surface area contributed by atoms with Crippen LogP contribution < -0.4 is 11.3 Å². The third-order valence-electron chi connectivity index (χ3n) is 1.48. The molecule has 0 aromatic rings. The first-order valence-corrected chi connectivity index (χ1v) is 3.96. The van der Waals surface area contributed by atoms with Crippen LogP contribution in [0.3, 0.4) is 0 Å². The number of nitrogens with two attached hydrogens (primary N) is 1. The van der Waals surface area contributed by atoms with Crippen LogP contribution in [0.5, 0.6) is 0 Å². The molecule has 0 atom stereocenters. The smallest absolute Gasteiger partial charge is 0.0431 e. The minimum atomic E-state index is 0.329. The fourth-order valence-electron chi connectivity index (χ4n) is 0.869. The first kappa shape index (κ1) is 9.88. The predicted octanol–water partition coefficient (Wildman–Crippen LogP) is 0.392. The first-order chi connectivity index (χ1) is 4.91. The van der Waals surface area contributed by atoms with Gasteiger partial charge in [-0.25, -0.2) is 0 Å². The summed E-state index contributed by atoms with van der Waals surface area (Å²) in [6, 6.07) is 0. The summed E-state index contributed by atoms with van der Waals surface area (Å²) < 4.78 is 0. The molecule has 0 aliphatic heterocycles. The molecular weight excluding hydrogens is 128 g/mol. The van der Waals surface area contributed by atoms with Gasteiger partial charge in [-0.1, -0.05) is 19.3 Å². The molecular formula is C7H18N2O. The van der Waals surface area contributed by atoms with E-state index < -0.39 is 0 Å². The molecule has 0 unspecified atom stereocenters. The standard InChI is InChI=1S/C7H18N2O/c8-9-6-4-2-1-3-5-7-10/h9-10H,1-8H2. The quantitative estimate of drug-likeness (QED) is 0.277. The van der Waals surface area contributed by atoms with Crippen LogP contribution in [-0.4, -0.2) is 18.3 Å². The van der Waals surface area contributed by atoms with Crippen molar-refractivity contribution in [2.75, 3.05) is 13.2 Å². The summed E-state index contributed by atoms with van der Waals surface area (Å²) in [5.74, 6) is 5.08. The largest absolute Gasteiger partial charge is 0.396 e. The van der Waals surface area contributed by atoms with E-state index in [0.29, 0.717) is 6.61 Å². The fraction of sp³-hybridized carbons (Fsp3) is 1.00. The number of aliphatic hydroxyl groups excluding tert-OH is 1. The highest BCUT2D eigenvalue weighted by molar-refractivity contribution is 4.44. The van der Waals surface area contributed by atoms with Crippen LogP contribution in [-0.2, 0) is 0 Å². The molecule has 0 bridgehead atoms. The average molecular weight is 146 g/mol. The Bertz CT molecular complexity index is 51.6. The second kappa shape index (κ2) is 8.88. The number of unbranched alkanes of at least 4 members (excludes halogenated alkanes) is 4. The van der Waals surface area contributed by atoms with Gasteiger partial charge in [-0.2, -0.15) is 0 Å². The summed E-state index contributed by atoms with van der Waals surface area (Å²) in [7, 11) is 0. The molecule has 0 spiro atoms. The lowest BCUT2D eigenvalue weighted by Gasteiger charge is -1.98. The lowest BCUT2D eigenvalue weighted by molar-refractivity contribution is 0.282. The van der Waals surface area contributed by atoms with Crippen molar-refractivity contribution in [3.63, 3.8) is 0 Å². The van der Waals surface area contributed by atoms with Gasteiger partial charge in [-0.05, 0) is 12.8 Å². The fourth-order valence-corrected chi connectivity index (χ4v) is 0.869. The Labute approximate surface area is 62.6 Å². The molecule has 0 saturated carbocycles. The second-order valence-electron chi connectivity index (χ2n) is 2.45. The molecule has 0 aliphatic carbocycles. The van der Waals surface area contributed by atoms with Crippen molar-refractivity contribution in [2.45, 2.75) is 32.1 Å². The predicted molar refractivity (Wildman–Crippen MR) is 42.4 cm³/mol. The Morgan fingerprint density at radius 1 is 1.00 bits per heavy atom. The lowest BCUT2D eigenvalue weighted by Crippen LogP contribution is -2.22. The third kappa shape index (κ3) is 7.88. The number of hydrogen-bond donors (Lipinski definition) is 3. The lowest BCUT2D eigenvalue weighted by atomic mass is 10.1. The average Bonchev–Trinajstić information content (AvgIpc) is 1.97. The molecule has 0 heterocycles. The summed E-state index contributed by atoms with van der Waals surface area (Å²) in [5.41, 5.74) is 2.61. The summed E-state index contributed by atoms with van der Waals surface area (Å²) in [4.78, 5) is 0. The van der Waals surface area contributed by atoms with E-state index in [1.54, 1.807) is 0 Å². The van der Waals surface area contributed by atoms with E-state index in [9.17, 15) is 0 Å². The molecule has 0 aliphatic rings. The van der Waals surface area contributed by atoms with Crippen LogP contribution in [0.4, 0.5) is 0 Å². The van der Waals surface area contributed by atoms with Crippen molar-refractivity contribution in [3.8, 4) is 0 Å². The molecule has 4 N–H and O–H groups in total. The Balaban J connectivity index is 2.65. The Kier molecular flexibility index (Phi) is 8.77. The zero-order valence-corrected chi connectivity index (χ0v) is 6.47. The number of aliphatic hydroxyl groups is 1. The highest BCUT2D eigenvalue weighted by Gasteiger charge is 1.87. The molecule has 62 valence electrons. The highest BCUT2D eigenvalue weighted by Crippen LogP contribution is 2.00. The van der Waals surface area contributed by atoms with Crippen molar-refractivity contribution >= 4 is 0 Å². The molecule has 0 radical (unpaired) electrons. The van der Waals surface area contributed by atoms with E-state index in [4.69, 9.17) is 10.9 Å². The van der Waals surface area contributed by atoms with Crippen molar-refractivity contribution < 1.29 is 5.11 Å². The van der Waals surface area contributed by atoms with Gasteiger partial charge in [0.05, 0.1) is 0 Å². The minimum absolute atomic E-state index is 0.329. The summed E-state index contributed by atoms with van der Waals surface area (Å²) >= 11 is 0. The Morgan fingerprint density at radius 2 is 1.60 bits per heavy atom. The van der Waals surface area contributed by atoms with Gasteiger partial charge in [0.1, 0.15) is 0 Å². The van der Waals surface area contributed by atoms with Gasteiger partial charge in [-0.3, -0.25) is 11.3 Å². The van der Waals surface area contributed by atoms with Crippen LogP contribution >= 0.6 is 0 Å². The van der Waals surface area contributed by atoms with Crippen molar-refractivity contribution in [2.24, 2.45) is 5.84 Å². The van der Waals surface area contributed by atoms with Crippen molar-refractivity contribution in [1.82, 2.24) is 5.43 Å². The zero-order valence-electron chi connectivity index (χ0n) is 6.47. The monoisotopic (exact) mass is 146 g/mol. The molecule has 0 fully saturated rings. The van der Waals surface area contributed by atoms with Crippen LogP contribution in [0.2, 0.25) is 0 Å². The van der Waals surface area contributed by atoms with Gasteiger partial charge < -0.3 is 5.11 Å². The summed E-state index contributed by atoms with van der Waals surface area (Å²) in [5, 5.41) is 8.44. The van der Waals surface area contributed by atoms with Gasteiger partial charge in [0.25, 0.3) is 0 Å². The van der Waals surface area contributed by atoms with Gasteiger partial charge in [0.15, 0.2) is 0 Å². The van der Waals surface area contributed by atoms with Crippen LogP contribution in [0.1, 0.15) is 32.1 Å². The first-order valence-electron chi connectivity index (χ1n) is 3.96. The molecule has 10 heavy (non-hydrogen) atoms. The summed E-state index contributed by atoms with van der Waals surface area (Å²) in [6.07, 6.45) is 5.64. The van der Waals surface area contributed by atoms with Crippen LogP contribution in [0.15, 0.2) is 0 Å². The van der Waals surface area contributed by atoms with E-state index in [0.717, 1.165) is 25.8 Å². The highest BCUT2D eigenvalue weighted by atomic mass is 16.2. The molecule has 0 saturated heterocycles. The van der Waals surface area contributed by atoms with Crippen LogP contribution in [0, 0.1) is 0 Å². The maximum Gasteiger partial charge on any atom is 0.0431 e. The second-order valence-corrected chi connectivity index (χ2v) is 2.45. The van der Waals surface area contributed by atoms with Gasteiger partial charge >= 0.3 is 0 Å². The molecule has 0 aromatic carbocycles. The Hall–Kier alpha value is -0.120. The van der Waals surface area contributed by atoms with Gasteiger partial charge in [0, 0.05) is 13.2 Å².